The van der Waals surface area contributed by atoms with Gasteiger partial charge in [0.25, 0.3) is 0 Å². The van der Waals surface area contributed by atoms with Gasteiger partial charge in [-0.3, -0.25) is 9.59 Å². The van der Waals surface area contributed by atoms with Crippen molar-refractivity contribution in [3.8, 4) is 0 Å². The fourth-order valence-electron chi connectivity index (χ4n) is 2.01. The smallest absolute Gasteiger partial charge is 0.233 e. The van der Waals surface area contributed by atoms with Crippen LogP contribution >= 0.6 is 23.2 Å². The molecule has 2 rings (SSSR count). The molecule has 0 unspecified atom stereocenters. The van der Waals surface area contributed by atoms with E-state index in [0.29, 0.717) is 17.3 Å². The van der Waals surface area contributed by atoms with E-state index >= 15 is 0 Å². The SMILES string of the molecule is CN(Cc1ccccc1)C(=O)CC(=O)Nc1cccc(Cl)c1Cl. The zero-order valence-corrected chi connectivity index (χ0v) is 14.1. The van der Waals surface area contributed by atoms with Crippen LogP contribution in [0, 0.1) is 0 Å². The number of nitrogens with zero attached hydrogens (tertiary/aromatic N) is 1. The zero-order chi connectivity index (χ0) is 16.8. The lowest BCUT2D eigenvalue weighted by Gasteiger charge is -2.17. The van der Waals surface area contributed by atoms with Gasteiger partial charge in [0, 0.05) is 13.6 Å². The number of rotatable bonds is 5. The molecule has 2 aromatic rings. The molecule has 2 aromatic carbocycles. The standard InChI is InChI=1S/C17H16Cl2N2O2/c1-21(11-12-6-3-2-4-7-12)16(23)10-15(22)20-14-9-5-8-13(18)17(14)19/h2-9H,10-11H2,1H3,(H,20,22). The number of halogens is 2. The van der Waals surface area contributed by atoms with Crippen LogP contribution in [-0.4, -0.2) is 23.8 Å². The van der Waals surface area contributed by atoms with Crippen molar-refractivity contribution in [3.63, 3.8) is 0 Å². The first-order valence-corrected chi connectivity index (χ1v) is 7.74. The van der Waals surface area contributed by atoms with Gasteiger partial charge in [0.05, 0.1) is 15.7 Å². The Hall–Kier alpha value is -2.04. The maximum Gasteiger partial charge on any atom is 0.233 e. The third-order valence-corrected chi connectivity index (χ3v) is 4.04. The minimum atomic E-state index is -0.431. The summed E-state index contributed by atoms with van der Waals surface area (Å²) in [6.45, 7) is 0.449. The maximum absolute atomic E-state index is 12.1. The molecule has 0 radical (unpaired) electrons. The predicted molar refractivity (Wildman–Crippen MR) is 92.6 cm³/mol. The molecule has 4 nitrogen and oxygen atoms in total. The van der Waals surface area contributed by atoms with Gasteiger partial charge in [-0.05, 0) is 17.7 Å². The first-order valence-electron chi connectivity index (χ1n) is 6.99. The minimum Gasteiger partial charge on any atom is -0.341 e. The first-order chi connectivity index (χ1) is 11.0. The van der Waals surface area contributed by atoms with Crippen molar-refractivity contribution in [3.05, 3.63) is 64.1 Å². The highest BCUT2D eigenvalue weighted by atomic mass is 35.5. The van der Waals surface area contributed by atoms with Crippen molar-refractivity contribution in [1.82, 2.24) is 4.90 Å². The Morgan fingerprint density at radius 2 is 1.74 bits per heavy atom. The molecule has 120 valence electrons. The lowest BCUT2D eigenvalue weighted by atomic mass is 10.2. The van der Waals surface area contributed by atoms with E-state index < -0.39 is 5.91 Å². The van der Waals surface area contributed by atoms with Gasteiger partial charge in [-0.25, -0.2) is 0 Å². The number of anilines is 1. The van der Waals surface area contributed by atoms with Crippen molar-refractivity contribution >= 4 is 40.7 Å². The van der Waals surface area contributed by atoms with Crippen molar-refractivity contribution in [2.45, 2.75) is 13.0 Å². The summed E-state index contributed by atoms with van der Waals surface area (Å²) in [7, 11) is 1.66. The number of amides is 2. The summed E-state index contributed by atoms with van der Waals surface area (Å²) in [4.78, 5) is 25.6. The number of hydrogen-bond acceptors (Lipinski definition) is 2. The minimum absolute atomic E-state index is 0.257. The van der Waals surface area contributed by atoms with E-state index in [0.717, 1.165) is 5.56 Å². The maximum atomic E-state index is 12.1. The summed E-state index contributed by atoms with van der Waals surface area (Å²) in [6.07, 6.45) is -0.258. The molecule has 0 spiro atoms. The van der Waals surface area contributed by atoms with Gasteiger partial charge in [-0.2, -0.15) is 0 Å². The molecule has 6 heteroatoms. The molecule has 0 bridgehead atoms. The summed E-state index contributed by atoms with van der Waals surface area (Å²) >= 11 is 11.9. The average Bonchev–Trinajstić information content (AvgIpc) is 2.52. The van der Waals surface area contributed by atoms with Gasteiger partial charge in [0.1, 0.15) is 6.42 Å². The van der Waals surface area contributed by atoms with Crippen molar-refractivity contribution in [2.75, 3.05) is 12.4 Å². The number of carbonyl (C=O) groups excluding carboxylic acids is 2. The molecule has 0 aliphatic rings. The highest BCUT2D eigenvalue weighted by Gasteiger charge is 2.15. The number of benzene rings is 2. The second-order valence-electron chi connectivity index (χ2n) is 5.06. The van der Waals surface area contributed by atoms with E-state index in [4.69, 9.17) is 23.2 Å². The van der Waals surface area contributed by atoms with E-state index in [1.807, 2.05) is 30.3 Å². The Morgan fingerprint density at radius 1 is 1.04 bits per heavy atom. The molecule has 2 amide bonds. The largest absolute Gasteiger partial charge is 0.341 e. The Balaban J connectivity index is 1.91. The Kier molecular flexibility index (Phi) is 6.02. The number of nitrogens with one attached hydrogen (secondary N) is 1. The fraction of sp³-hybridized carbons (Fsp3) is 0.176. The number of hydrogen-bond donors (Lipinski definition) is 1. The quantitative estimate of drug-likeness (QED) is 0.829. The lowest BCUT2D eigenvalue weighted by molar-refractivity contribution is -0.133. The summed E-state index contributed by atoms with van der Waals surface area (Å²) in [6, 6.07) is 14.5. The van der Waals surface area contributed by atoms with E-state index in [2.05, 4.69) is 5.32 Å². The van der Waals surface area contributed by atoms with Crippen LogP contribution < -0.4 is 5.32 Å². The highest BCUT2D eigenvalue weighted by molar-refractivity contribution is 6.44. The van der Waals surface area contributed by atoms with Gasteiger partial charge in [-0.15, -0.1) is 0 Å². The monoisotopic (exact) mass is 350 g/mol. The van der Waals surface area contributed by atoms with Crippen LogP contribution in [0.25, 0.3) is 0 Å². The molecule has 0 saturated carbocycles. The van der Waals surface area contributed by atoms with Gasteiger partial charge >= 0.3 is 0 Å². The van der Waals surface area contributed by atoms with Crippen LogP contribution in [-0.2, 0) is 16.1 Å². The topological polar surface area (TPSA) is 49.4 Å². The van der Waals surface area contributed by atoms with E-state index in [9.17, 15) is 9.59 Å². The molecule has 0 heterocycles. The Morgan fingerprint density at radius 3 is 2.43 bits per heavy atom. The molecule has 0 aliphatic carbocycles. The van der Waals surface area contributed by atoms with Crippen LogP contribution in [0.2, 0.25) is 10.0 Å². The van der Waals surface area contributed by atoms with Gasteiger partial charge in [-0.1, -0.05) is 59.6 Å². The third-order valence-electron chi connectivity index (χ3n) is 3.23. The van der Waals surface area contributed by atoms with Gasteiger partial charge in [0.15, 0.2) is 0 Å². The molecule has 23 heavy (non-hydrogen) atoms. The molecular weight excluding hydrogens is 335 g/mol. The van der Waals surface area contributed by atoms with Crippen LogP contribution in [0.3, 0.4) is 0 Å². The van der Waals surface area contributed by atoms with E-state index in [1.165, 1.54) is 4.90 Å². The van der Waals surface area contributed by atoms with Crippen molar-refractivity contribution in [2.24, 2.45) is 0 Å². The summed E-state index contributed by atoms with van der Waals surface area (Å²) < 4.78 is 0. The van der Waals surface area contributed by atoms with Crippen LogP contribution in [0.15, 0.2) is 48.5 Å². The highest BCUT2D eigenvalue weighted by Crippen LogP contribution is 2.29. The van der Waals surface area contributed by atoms with Crippen molar-refractivity contribution in [1.29, 1.82) is 0 Å². The molecule has 0 atom stereocenters. The molecule has 1 N–H and O–H groups in total. The van der Waals surface area contributed by atoms with E-state index in [-0.39, 0.29) is 17.4 Å². The Labute approximate surface area is 145 Å². The van der Waals surface area contributed by atoms with Crippen LogP contribution in [0.4, 0.5) is 5.69 Å². The normalized spacial score (nSPS) is 10.2. The van der Waals surface area contributed by atoms with Gasteiger partial charge < -0.3 is 10.2 Å². The number of carbonyl (C=O) groups is 2. The lowest BCUT2D eigenvalue weighted by Crippen LogP contribution is -2.30. The van der Waals surface area contributed by atoms with Crippen LogP contribution in [0.5, 0.6) is 0 Å². The van der Waals surface area contributed by atoms with Crippen molar-refractivity contribution < 1.29 is 9.59 Å². The average molecular weight is 351 g/mol. The molecular formula is C17H16Cl2N2O2. The van der Waals surface area contributed by atoms with Crippen LogP contribution in [0.1, 0.15) is 12.0 Å². The van der Waals surface area contributed by atoms with E-state index in [1.54, 1.807) is 25.2 Å². The molecule has 0 aliphatic heterocycles. The second-order valence-corrected chi connectivity index (χ2v) is 5.85. The fourth-order valence-corrected chi connectivity index (χ4v) is 2.36. The third kappa shape index (κ3) is 4.98. The summed E-state index contributed by atoms with van der Waals surface area (Å²) in [5.41, 5.74) is 1.39. The van der Waals surface area contributed by atoms with Gasteiger partial charge in [0.2, 0.25) is 11.8 Å². The predicted octanol–water partition coefficient (Wildman–Crippen LogP) is 3.98. The second kappa shape index (κ2) is 7.99. The zero-order valence-electron chi connectivity index (χ0n) is 12.6. The first kappa shape index (κ1) is 17.3. The molecule has 0 saturated heterocycles. The summed E-state index contributed by atoms with van der Waals surface area (Å²) in [5.74, 6) is -0.705. The Bertz CT molecular complexity index is 705. The molecule has 0 fully saturated rings. The summed E-state index contributed by atoms with van der Waals surface area (Å²) in [5, 5.41) is 3.20. The molecule has 0 aromatic heterocycles.